The Kier molecular flexibility index (Phi) is 13.4. The van der Waals surface area contributed by atoms with Crippen LogP contribution in [0.4, 0.5) is 4.79 Å². The summed E-state index contributed by atoms with van der Waals surface area (Å²) in [6, 6.07) is 15.1. The van der Waals surface area contributed by atoms with Crippen LogP contribution in [0.2, 0.25) is 22.2 Å². The molecule has 13 nitrogen and oxygen atoms in total. The minimum atomic E-state index is -3.00. The maximum atomic E-state index is 13.0. The standard InChI is InChI=1S/C40H63N5O8Si2/c1-23(2)54(24(3)4)49-22-32-35(52-55(53-54,25(5)6)26(7)8)36(51-33-19-13-14-20-47-33)39(50-32)44-37(42)34(41)38(43)45-40(46)48-21-31-29-17-11-9-15-27(29)28-16-10-12-18-30(28)31/h9-12,15-18,23-26,31-37,39,44H,13-14,19-22,41-42H2,1-8H3,(H2,43,45,46)/t32-,33?,34?,35?,36?,37?,39-/m1/s1. The molecule has 3 fully saturated rings. The van der Waals surface area contributed by atoms with Crippen LogP contribution in [0.5, 0.6) is 0 Å². The number of amidine groups is 1. The van der Waals surface area contributed by atoms with Gasteiger partial charge in [0, 0.05) is 12.5 Å². The van der Waals surface area contributed by atoms with Crippen molar-refractivity contribution >= 4 is 29.1 Å². The van der Waals surface area contributed by atoms with E-state index < -0.39 is 66.3 Å². The Hall–Kier alpha value is -2.55. The first kappa shape index (κ1) is 42.1. The van der Waals surface area contributed by atoms with Gasteiger partial charge >= 0.3 is 23.2 Å². The van der Waals surface area contributed by atoms with E-state index in [1.807, 2.05) is 24.3 Å². The average Bonchev–Trinajstić information content (AvgIpc) is 3.63. The molecule has 55 heavy (non-hydrogen) atoms. The molecule has 2 aromatic rings. The summed E-state index contributed by atoms with van der Waals surface area (Å²) in [5.41, 5.74) is 18.2. The van der Waals surface area contributed by atoms with Gasteiger partial charge in [-0.1, -0.05) is 104 Å². The number of nitrogens with one attached hydrogen (secondary N) is 3. The van der Waals surface area contributed by atoms with Gasteiger partial charge in [-0.05, 0) is 63.7 Å². The molecule has 0 radical (unpaired) electrons. The molecule has 1 amide bonds. The fourth-order valence-corrected chi connectivity index (χ4v) is 19.9. The Morgan fingerprint density at radius 1 is 0.891 bits per heavy atom. The van der Waals surface area contributed by atoms with Crippen LogP contribution in [0.1, 0.15) is 91.7 Å². The van der Waals surface area contributed by atoms with Crippen molar-refractivity contribution in [1.29, 1.82) is 5.41 Å². The summed E-state index contributed by atoms with van der Waals surface area (Å²) in [4.78, 5) is 13.0. The highest BCUT2D eigenvalue weighted by atomic mass is 28.5. The van der Waals surface area contributed by atoms with Crippen molar-refractivity contribution in [2.45, 2.75) is 146 Å². The number of nitrogens with two attached hydrogens (primary N) is 2. The van der Waals surface area contributed by atoms with Crippen molar-refractivity contribution < 1.29 is 36.7 Å². The van der Waals surface area contributed by atoms with E-state index in [1.54, 1.807) is 0 Å². The van der Waals surface area contributed by atoms with Crippen LogP contribution in [0.3, 0.4) is 0 Å². The Morgan fingerprint density at radius 3 is 2.05 bits per heavy atom. The molecular formula is C40H63N5O8Si2. The minimum absolute atomic E-state index is 0.106. The summed E-state index contributed by atoms with van der Waals surface area (Å²) >= 11 is 0. The molecule has 7 atom stereocenters. The third-order valence-electron chi connectivity index (χ3n) is 11.7. The van der Waals surface area contributed by atoms with Crippen LogP contribution < -0.4 is 22.1 Å². The smallest absolute Gasteiger partial charge is 0.412 e. The summed E-state index contributed by atoms with van der Waals surface area (Å²) in [5.74, 6) is -0.414. The summed E-state index contributed by atoms with van der Waals surface area (Å²) < 4.78 is 46.9. The van der Waals surface area contributed by atoms with E-state index in [2.05, 4.69) is 90.3 Å². The Labute approximate surface area is 328 Å². The molecule has 1 aliphatic carbocycles. The van der Waals surface area contributed by atoms with Gasteiger partial charge in [-0.25, -0.2) is 4.79 Å². The summed E-state index contributed by atoms with van der Waals surface area (Å²) in [6.45, 7) is 18.4. The van der Waals surface area contributed by atoms with Gasteiger partial charge in [-0.3, -0.25) is 16.0 Å². The molecule has 0 saturated carbocycles. The van der Waals surface area contributed by atoms with Gasteiger partial charge in [0.1, 0.15) is 37.0 Å². The molecule has 2 aromatic carbocycles. The van der Waals surface area contributed by atoms with E-state index in [0.717, 1.165) is 41.5 Å². The highest BCUT2D eigenvalue weighted by molar-refractivity contribution is 6.84. The number of rotatable bonds is 12. The third kappa shape index (κ3) is 8.53. The predicted molar refractivity (Wildman–Crippen MR) is 216 cm³/mol. The lowest BCUT2D eigenvalue weighted by Crippen LogP contribution is -2.66. The van der Waals surface area contributed by atoms with Crippen LogP contribution in [0, 0.1) is 5.41 Å². The lowest BCUT2D eigenvalue weighted by molar-refractivity contribution is -0.210. The van der Waals surface area contributed by atoms with Gasteiger partial charge in [0.25, 0.3) is 0 Å². The molecule has 0 spiro atoms. The number of carbonyl (C=O) groups is 1. The van der Waals surface area contributed by atoms with Gasteiger partial charge in [0.15, 0.2) is 6.29 Å². The number of carbonyl (C=O) groups excluding carboxylic acids is 1. The van der Waals surface area contributed by atoms with E-state index in [0.29, 0.717) is 6.61 Å². The molecule has 0 aromatic heterocycles. The first-order valence-electron chi connectivity index (χ1n) is 20.1. The van der Waals surface area contributed by atoms with E-state index in [-0.39, 0.29) is 47.1 Å². The number of alkyl carbamates (subject to hydrolysis) is 1. The van der Waals surface area contributed by atoms with Gasteiger partial charge in [0.05, 0.1) is 18.8 Å². The zero-order chi connectivity index (χ0) is 39.7. The summed E-state index contributed by atoms with van der Waals surface area (Å²) in [6.07, 6.45) is -2.03. The molecule has 6 rings (SSSR count). The zero-order valence-corrected chi connectivity index (χ0v) is 35.7. The SMILES string of the molecule is CC(C)[Si]1(C(C)C)OC[C@H]2O[C@@H](NC(N)C(N)C(=N)NC(=O)OCC3c4ccccc4-c4ccccc43)C(OC3CCCCO3)C2O[Si](C(C)C)(C(C)C)O1. The second-order valence-electron chi connectivity index (χ2n) is 16.6. The topological polar surface area (TPSA) is 182 Å². The van der Waals surface area contributed by atoms with Crippen molar-refractivity contribution in [2.75, 3.05) is 19.8 Å². The maximum absolute atomic E-state index is 13.0. The molecular weight excluding hydrogens is 735 g/mol. The van der Waals surface area contributed by atoms with Crippen LogP contribution in [0.25, 0.3) is 11.1 Å². The van der Waals surface area contributed by atoms with Crippen molar-refractivity contribution in [3.05, 3.63) is 59.7 Å². The van der Waals surface area contributed by atoms with E-state index in [9.17, 15) is 4.79 Å². The van der Waals surface area contributed by atoms with Gasteiger partial charge < -0.3 is 43.4 Å². The number of hydrogen-bond donors (Lipinski definition) is 5. The molecule has 3 saturated heterocycles. The van der Waals surface area contributed by atoms with Crippen LogP contribution >= 0.6 is 0 Å². The highest BCUT2D eigenvalue weighted by Crippen LogP contribution is 2.48. The van der Waals surface area contributed by atoms with Crippen LogP contribution in [-0.4, -0.2) is 91.9 Å². The van der Waals surface area contributed by atoms with E-state index >= 15 is 0 Å². The molecule has 4 aliphatic rings. The first-order valence-corrected chi connectivity index (χ1v) is 24.0. The Balaban J connectivity index is 1.16. The first-order chi connectivity index (χ1) is 26.2. The molecule has 3 heterocycles. The molecule has 15 heteroatoms. The van der Waals surface area contributed by atoms with Gasteiger partial charge in [-0.2, -0.15) is 0 Å². The average molecular weight is 798 g/mol. The van der Waals surface area contributed by atoms with Crippen LogP contribution in [-0.2, 0) is 31.9 Å². The highest BCUT2D eigenvalue weighted by Gasteiger charge is 2.62. The molecule has 7 N–H and O–H groups in total. The minimum Gasteiger partial charge on any atom is -0.448 e. The lowest BCUT2D eigenvalue weighted by Gasteiger charge is -2.51. The quantitative estimate of drug-likeness (QED) is 0.0704. The molecule has 3 aliphatic heterocycles. The predicted octanol–water partition coefficient (Wildman–Crippen LogP) is 6.30. The van der Waals surface area contributed by atoms with Gasteiger partial charge in [0.2, 0.25) is 0 Å². The van der Waals surface area contributed by atoms with Crippen molar-refractivity contribution in [3.8, 4) is 11.1 Å². The maximum Gasteiger partial charge on any atom is 0.412 e. The largest absolute Gasteiger partial charge is 0.448 e. The number of benzene rings is 2. The monoisotopic (exact) mass is 797 g/mol. The molecule has 5 unspecified atom stereocenters. The second-order valence-corrected chi connectivity index (χ2v) is 25.5. The van der Waals surface area contributed by atoms with Crippen molar-refractivity contribution in [2.24, 2.45) is 11.5 Å². The zero-order valence-electron chi connectivity index (χ0n) is 33.7. The Morgan fingerprint density at radius 2 is 1.49 bits per heavy atom. The fraction of sp³-hybridized carbons (Fsp3) is 0.650. The van der Waals surface area contributed by atoms with Gasteiger partial charge in [-0.15, -0.1) is 0 Å². The van der Waals surface area contributed by atoms with Crippen molar-refractivity contribution in [1.82, 2.24) is 10.6 Å². The lowest BCUT2D eigenvalue weighted by atomic mass is 9.98. The normalized spacial score (nSPS) is 27.3. The number of hydrogen-bond acceptors (Lipinski definition) is 12. The second kappa shape index (κ2) is 17.5. The number of ether oxygens (including phenoxy) is 4. The van der Waals surface area contributed by atoms with Crippen LogP contribution in [0.15, 0.2) is 48.5 Å². The molecule has 304 valence electrons. The fourth-order valence-electron chi connectivity index (χ4n) is 8.72. The summed E-state index contributed by atoms with van der Waals surface area (Å²) in [7, 11) is -5.81. The van der Waals surface area contributed by atoms with E-state index in [1.165, 1.54) is 0 Å². The Bertz CT molecular complexity index is 1580. The number of fused-ring (bicyclic) bond motifs is 4. The van der Waals surface area contributed by atoms with Crippen molar-refractivity contribution in [3.63, 3.8) is 0 Å². The molecule has 0 bridgehead atoms. The number of amides is 1. The van der Waals surface area contributed by atoms with E-state index in [4.69, 9.17) is 48.8 Å². The third-order valence-corrected chi connectivity index (χ3v) is 22.0. The summed E-state index contributed by atoms with van der Waals surface area (Å²) in [5, 5.41) is 14.5.